The Labute approximate surface area is 251 Å². The SMILES string of the molecule is C=CC[C@H](C)N(C)C(=O)CCc1ccc2c(c1)N(CC1CCC1C(O)C=C)CC(c1ccc(Cl)cc1CCC)CO2. The Morgan fingerprint density at radius 2 is 2.02 bits per heavy atom. The lowest BCUT2D eigenvalue weighted by molar-refractivity contribution is -0.131. The fourth-order valence-electron chi connectivity index (χ4n) is 6.32. The van der Waals surface area contributed by atoms with Crippen molar-refractivity contribution in [1.82, 2.24) is 4.90 Å². The first-order chi connectivity index (χ1) is 19.7. The Morgan fingerprint density at radius 3 is 2.71 bits per heavy atom. The smallest absolute Gasteiger partial charge is 0.222 e. The predicted octanol–water partition coefficient (Wildman–Crippen LogP) is 7.20. The van der Waals surface area contributed by atoms with Crippen molar-refractivity contribution >= 4 is 23.2 Å². The van der Waals surface area contributed by atoms with Crippen LogP contribution in [-0.2, 0) is 17.6 Å². The van der Waals surface area contributed by atoms with E-state index in [4.69, 9.17) is 16.3 Å². The number of aliphatic hydroxyl groups excluding tert-OH is 1. The zero-order valence-corrected chi connectivity index (χ0v) is 25.8. The number of amides is 1. The van der Waals surface area contributed by atoms with Gasteiger partial charge < -0.3 is 19.6 Å². The maximum Gasteiger partial charge on any atom is 0.222 e. The maximum absolute atomic E-state index is 12.9. The van der Waals surface area contributed by atoms with Gasteiger partial charge in [-0.3, -0.25) is 4.79 Å². The number of hydrogen-bond acceptors (Lipinski definition) is 4. The zero-order chi connectivity index (χ0) is 29.5. The lowest BCUT2D eigenvalue weighted by atomic mass is 9.70. The number of carbonyl (C=O) groups is 1. The monoisotopic (exact) mass is 578 g/mol. The van der Waals surface area contributed by atoms with Crippen molar-refractivity contribution in [3.05, 3.63) is 83.4 Å². The highest BCUT2D eigenvalue weighted by atomic mass is 35.5. The van der Waals surface area contributed by atoms with E-state index < -0.39 is 6.10 Å². The van der Waals surface area contributed by atoms with Crippen LogP contribution in [0.5, 0.6) is 5.75 Å². The number of aliphatic hydroxyl groups is 1. The summed E-state index contributed by atoms with van der Waals surface area (Å²) in [6.07, 6.45) is 9.13. The Kier molecular flexibility index (Phi) is 11.0. The average Bonchev–Trinajstić information content (AvgIpc) is 3.13. The van der Waals surface area contributed by atoms with E-state index in [1.54, 1.807) is 6.08 Å². The van der Waals surface area contributed by atoms with Crippen molar-refractivity contribution in [3.63, 3.8) is 0 Å². The van der Waals surface area contributed by atoms with E-state index in [2.05, 4.69) is 62.2 Å². The molecule has 6 heteroatoms. The predicted molar refractivity (Wildman–Crippen MR) is 170 cm³/mol. The van der Waals surface area contributed by atoms with E-state index >= 15 is 0 Å². The number of halogens is 1. The Hall–Kier alpha value is -2.76. The Balaban J connectivity index is 1.59. The minimum Gasteiger partial charge on any atom is -0.491 e. The maximum atomic E-state index is 12.9. The second-order valence-corrected chi connectivity index (χ2v) is 12.4. The molecule has 1 amide bonds. The van der Waals surface area contributed by atoms with Gasteiger partial charge in [0.1, 0.15) is 5.75 Å². The number of carbonyl (C=O) groups excluding carboxylic acids is 1. The van der Waals surface area contributed by atoms with Crippen molar-refractivity contribution in [1.29, 1.82) is 0 Å². The number of ether oxygens (including phenoxy) is 1. The molecule has 1 N–H and O–H groups in total. The van der Waals surface area contributed by atoms with Crippen LogP contribution in [0.2, 0.25) is 5.02 Å². The molecular weight excluding hydrogens is 532 g/mol. The van der Waals surface area contributed by atoms with E-state index in [0.717, 1.165) is 67.2 Å². The first-order valence-electron chi connectivity index (χ1n) is 15.2. The van der Waals surface area contributed by atoms with Crippen LogP contribution in [0.4, 0.5) is 5.69 Å². The van der Waals surface area contributed by atoms with Crippen molar-refractivity contribution in [3.8, 4) is 5.75 Å². The molecule has 1 aliphatic carbocycles. The number of aryl methyl sites for hydroxylation is 2. The molecule has 2 aromatic carbocycles. The minimum atomic E-state index is -0.475. The zero-order valence-electron chi connectivity index (χ0n) is 25.0. The molecule has 2 aromatic rings. The lowest BCUT2D eigenvalue weighted by Crippen LogP contribution is -2.43. The van der Waals surface area contributed by atoms with Crippen LogP contribution in [0.15, 0.2) is 61.7 Å². The van der Waals surface area contributed by atoms with E-state index in [9.17, 15) is 9.90 Å². The summed E-state index contributed by atoms with van der Waals surface area (Å²) in [7, 11) is 1.87. The largest absolute Gasteiger partial charge is 0.491 e. The molecule has 5 atom stereocenters. The van der Waals surface area contributed by atoms with Crippen LogP contribution < -0.4 is 9.64 Å². The molecular formula is C35H47ClN2O3. The van der Waals surface area contributed by atoms with Gasteiger partial charge in [0.2, 0.25) is 5.91 Å². The standard InChI is InChI=1S/C35H47ClN2O3/c1-6-9-24(4)37(5)35(40)18-12-25-11-17-34-32(19-25)38(21-27-13-15-31(27)33(39)8-3)22-28(23-41-34)30-16-14-29(36)20-26(30)10-7-2/h6,8,11,14,16-17,19-20,24,27-28,31,33,39H,1,3,7,9-10,12-13,15,18,21-23H2,2,4-5H3/t24-,27?,28?,31?,33?/m0/s1. The molecule has 4 unspecified atom stereocenters. The van der Waals surface area contributed by atoms with Gasteiger partial charge in [-0.05, 0) is 91.8 Å². The van der Waals surface area contributed by atoms with Crippen LogP contribution in [0.1, 0.15) is 68.6 Å². The molecule has 0 aromatic heterocycles. The van der Waals surface area contributed by atoms with Crippen molar-refractivity contribution in [2.24, 2.45) is 11.8 Å². The summed E-state index contributed by atoms with van der Waals surface area (Å²) in [6, 6.07) is 12.8. The molecule has 41 heavy (non-hydrogen) atoms. The van der Waals surface area contributed by atoms with Gasteiger partial charge in [0.15, 0.2) is 0 Å². The summed E-state index contributed by atoms with van der Waals surface area (Å²) < 4.78 is 6.49. The van der Waals surface area contributed by atoms with Gasteiger partial charge in [-0.1, -0.05) is 49.2 Å². The Bertz CT molecular complexity index is 1210. The van der Waals surface area contributed by atoms with Crippen LogP contribution in [0, 0.1) is 11.8 Å². The van der Waals surface area contributed by atoms with Gasteiger partial charge in [-0.15, -0.1) is 13.2 Å². The molecule has 0 spiro atoms. The fourth-order valence-corrected chi connectivity index (χ4v) is 6.51. The third kappa shape index (κ3) is 7.55. The minimum absolute atomic E-state index is 0.139. The molecule has 1 heterocycles. The normalized spacial score (nSPS) is 21.5. The first-order valence-corrected chi connectivity index (χ1v) is 15.6. The van der Waals surface area contributed by atoms with Gasteiger partial charge in [0, 0.05) is 43.5 Å². The number of anilines is 1. The van der Waals surface area contributed by atoms with E-state index in [-0.39, 0.29) is 23.8 Å². The molecule has 4 rings (SSSR count). The highest BCUT2D eigenvalue weighted by Gasteiger charge is 2.37. The van der Waals surface area contributed by atoms with Crippen LogP contribution >= 0.6 is 11.6 Å². The molecule has 1 saturated carbocycles. The summed E-state index contributed by atoms with van der Waals surface area (Å²) in [6.45, 7) is 14.2. The molecule has 0 saturated heterocycles. The van der Waals surface area contributed by atoms with Gasteiger partial charge in [-0.2, -0.15) is 0 Å². The van der Waals surface area contributed by atoms with Crippen LogP contribution in [0.3, 0.4) is 0 Å². The third-order valence-electron chi connectivity index (χ3n) is 9.11. The topological polar surface area (TPSA) is 53.0 Å². The third-order valence-corrected chi connectivity index (χ3v) is 9.35. The van der Waals surface area contributed by atoms with Gasteiger partial charge >= 0.3 is 0 Å². The highest BCUT2D eigenvalue weighted by Crippen LogP contribution is 2.42. The second-order valence-electron chi connectivity index (χ2n) is 11.9. The average molecular weight is 579 g/mol. The number of nitrogens with zero attached hydrogens (tertiary/aromatic N) is 2. The van der Waals surface area contributed by atoms with E-state index in [0.29, 0.717) is 25.4 Å². The van der Waals surface area contributed by atoms with Crippen LogP contribution in [0.25, 0.3) is 0 Å². The summed E-state index contributed by atoms with van der Waals surface area (Å²) in [5.74, 6) is 1.84. The van der Waals surface area contributed by atoms with E-state index in [1.165, 1.54) is 11.1 Å². The molecule has 5 nitrogen and oxygen atoms in total. The highest BCUT2D eigenvalue weighted by molar-refractivity contribution is 6.30. The number of benzene rings is 2. The molecule has 1 aliphatic heterocycles. The Morgan fingerprint density at radius 1 is 1.22 bits per heavy atom. The first kappa shape index (κ1) is 31.2. The lowest BCUT2D eigenvalue weighted by Gasteiger charge is -2.42. The van der Waals surface area contributed by atoms with Crippen molar-refractivity contribution in [2.45, 2.75) is 76.9 Å². The molecule has 2 aliphatic rings. The molecule has 0 radical (unpaired) electrons. The molecule has 222 valence electrons. The van der Waals surface area contributed by atoms with Gasteiger partial charge in [0.25, 0.3) is 0 Å². The fraction of sp³-hybridized carbons (Fsp3) is 0.514. The summed E-state index contributed by atoms with van der Waals surface area (Å²) in [5.41, 5.74) is 4.80. The molecule has 1 fully saturated rings. The molecule has 0 bridgehead atoms. The van der Waals surface area contributed by atoms with Gasteiger partial charge in [0.05, 0.1) is 18.4 Å². The number of fused-ring (bicyclic) bond motifs is 1. The summed E-state index contributed by atoms with van der Waals surface area (Å²) in [5, 5.41) is 11.3. The van der Waals surface area contributed by atoms with Crippen molar-refractivity contribution in [2.75, 3.05) is 31.6 Å². The summed E-state index contributed by atoms with van der Waals surface area (Å²) >= 11 is 6.40. The van der Waals surface area contributed by atoms with Crippen molar-refractivity contribution < 1.29 is 14.6 Å². The van der Waals surface area contributed by atoms with E-state index in [1.807, 2.05) is 24.1 Å². The number of rotatable bonds is 13. The van der Waals surface area contributed by atoms with Gasteiger partial charge in [-0.25, -0.2) is 0 Å². The second kappa shape index (κ2) is 14.4. The van der Waals surface area contributed by atoms with Crippen LogP contribution in [-0.4, -0.2) is 54.8 Å². The number of hydrogen-bond donors (Lipinski definition) is 1. The summed E-state index contributed by atoms with van der Waals surface area (Å²) in [4.78, 5) is 17.2. The quantitative estimate of drug-likeness (QED) is 0.255.